The molecule has 80 valence electrons. The molecule has 1 unspecified atom stereocenters. The highest BCUT2D eigenvalue weighted by atomic mass is 32.2. The minimum atomic E-state index is -3.27. The van der Waals surface area contributed by atoms with Crippen molar-refractivity contribution in [1.82, 2.24) is 0 Å². The van der Waals surface area contributed by atoms with Crippen molar-refractivity contribution in [3.8, 4) is 0 Å². The monoisotopic (exact) mass is 208 g/mol. The molecule has 0 N–H and O–H groups in total. The summed E-state index contributed by atoms with van der Waals surface area (Å²) in [4.78, 5) is 0. The molecule has 0 aromatic rings. The van der Waals surface area contributed by atoms with Crippen LogP contribution in [0.1, 0.15) is 46.0 Å². The van der Waals surface area contributed by atoms with Gasteiger partial charge in [-0.15, -0.1) is 0 Å². The molecule has 0 bridgehead atoms. The first-order valence-electron chi connectivity index (χ1n) is 4.87. The Morgan fingerprint density at radius 3 is 2.23 bits per heavy atom. The van der Waals surface area contributed by atoms with Gasteiger partial charge in [0.25, 0.3) is 10.1 Å². The second-order valence-corrected chi connectivity index (χ2v) is 4.93. The van der Waals surface area contributed by atoms with Crippen LogP contribution in [-0.4, -0.2) is 20.8 Å². The molecule has 0 spiro atoms. The summed E-state index contributed by atoms with van der Waals surface area (Å²) in [6.07, 6.45) is 5.93. The molecule has 0 rings (SSSR count). The molecule has 0 aromatic carbocycles. The minimum absolute atomic E-state index is 0.124. The molecule has 0 saturated carbocycles. The summed E-state index contributed by atoms with van der Waals surface area (Å²) in [5, 5.41) is 0. The normalized spacial score (nSPS) is 14.4. The molecular weight excluding hydrogens is 188 g/mol. The van der Waals surface area contributed by atoms with Crippen molar-refractivity contribution in [3.63, 3.8) is 0 Å². The van der Waals surface area contributed by atoms with Gasteiger partial charge >= 0.3 is 0 Å². The Labute approximate surface area is 81.6 Å². The molecule has 13 heavy (non-hydrogen) atoms. The molecule has 0 amide bonds. The van der Waals surface area contributed by atoms with Gasteiger partial charge in [-0.05, 0) is 12.8 Å². The first-order valence-corrected chi connectivity index (χ1v) is 6.69. The van der Waals surface area contributed by atoms with Crippen LogP contribution in [0.4, 0.5) is 0 Å². The molecule has 4 heteroatoms. The molecule has 0 aliphatic heterocycles. The Morgan fingerprint density at radius 1 is 1.23 bits per heavy atom. The van der Waals surface area contributed by atoms with Crippen LogP contribution in [0.3, 0.4) is 0 Å². The third-order valence-corrected chi connectivity index (χ3v) is 2.52. The lowest BCUT2D eigenvalue weighted by atomic mass is 10.1. The lowest BCUT2D eigenvalue weighted by Crippen LogP contribution is -2.16. The summed E-state index contributed by atoms with van der Waals surface area (Å²) in [7, 11) is -3.27. The molecule has 0 aliphatic carbocycles. The molecule has 0 aliphatic rings. The fraction of sp³-hybridized carbons (Fsp3) is 1.00. The van der Waals surface area contributed by atoms with E-state index in [-0.39, 0.29) is 6.10 Å². The van der Waals surface area contributed by atoms with E-state index in [0.717, 1.165) is 38.4 Å². The van der Waals surface area contributed by atoms with E-state index in [1.807, 2.05) is 6.92 Å². The van der Waals surface area contributed by atoms with E-state index >= 15 is 0 Å². The topological polar surface area (TPSA) is 43.4 Å². The summed E-state index contributed by atoms with van der Waals surface area (Å²) >= 11 is 0. The number of unbranched alkanes of at least 4 members (excludes halogenated alkanes) is 2. The van der Waals surface area contributed by atoms with Crippen molar-refractivity contribution in [2.45, 2.75) is 52.1 Å². The van der Waals surface area contributed by atoms with Gasteiger partial charge in [0.2, 0.25) is 0 Å². The SMILES string of the molecule is CCCCCC(CC)OS(C)(=O)=O. The molecule has 0 aromatic heterocycles. The first-order chi connectivity index (χ1) is 5.99. The van der Waals surface area contributed by atoms with Crippen LogP contribution < -0.4 is 0 Å². The van der Waals surface area contributed by atoms with Gasteiger partial charge in [-0.1, -0.05) is 33.1 Å². The molecular formula is C9H20O3S. The van der Waals surface area contributed by atoms with Crippen molar-refractivity contribution in [3.05, 3.63) is 0 Å². The maximum Gasteiger partial charge on any atom is 0.264 e. The maximum atomic E-state index is 10.8. The second-order valence-electron chi connectivity index (χ2n) is 3.33. The van der Waals surface area contributed by atoms with Crippen molar-refractivity contribution >= 4 is 10.1 Å². The van der Waals surface area contributed by atoms with E-state index in [2.05, 4.69) is 6.92 Å². The Kier molecular flexibility index (Phi) is 6.33. The van der Waals surface area contributed by atoms with Crippen molar-refractivity contribution < 1.29 is 12.6 Å². The Hall–Kier alpha value is -0.0900. The summed E-state index contributed by atoms with van der Waals surface area (Å²) in [5.74, 6) is 0. The molecule has 0 saturated heterocycles. The number of hydrogen-bond acceptors (Lipinski definition) is 3. The Morgan fingerprint density at radius 2 is 1.85 bits per heavy atom. The van der Waals surface area contributed by atoms with Crippen molar-refractivity contribution in [2.75, 3.05) is 6.26 Å². The van der Waals surface area contributed by atoms with Crippen molar-refractivity contribution in [1.29, 1.82) is 0 Å². The van der Waals surface area contributed by atoms with Crippen LogP contribution in [0.25, 0.3) is 0 Å². The molecule has 3 nitrogen and oxygen atoms in total. The quantitative estimate of drug-likeness (QED) is 0.476. The zero-order chi connectivity index (χ0) is 10.3. The van der Waals surface area contributed by atoms with Gasteiger partial charge in [-0.2, -0.15) is 8.42 Å². The van der Waals surface area contributed by atoms with Crippen LogP contribution in [0.15, 0.2) is 0 Å². The third kappa shape index (κ3) is 8.25. The van der Waals surface area contributed by atoms with E-state index in [4.69, 9.17) is 4.18 Å². The third-order valence-electron chi connectivity index (χ3n) is 1.90. The van der Waals surface area contributed by atoms with E-state index in [9.17, 15) is 8.42 Å². The smallest absolute Gasteiger partial charge is 0.264 e. The molecule has 0 radical (unpaired) electrons. The second kappa shape index (κ2) is 6.38. The van der Waals surface area contributed by atoms with E-state index in [0.29, 0.717) is 0 Å². The Balaban J connectivity index is 3.77. The standard InChI is InChI=1S/C9H20O3S/c1-4-6-7-8-9(5-2)12-13(3,10)11/h9H,4-8H2,1-3H3. The van der Waals surface area contributed by atoms with Gasteiger partial charge in [0.15, 0.2) is 0 Å². The fourth-order valence-corrected chi connectivity index (χ4v) is 1.92. The lowest BCUT2D eigenvalue weighted by Gasteiger charge is -2.13. The predicted octanol–water partition coefficient (Wildman–Crippen LogP) is 2.32. The van der Waals surface area contributed by atoms with Crippen LogP contribution in [0, 0.1) is 0 Å². The maximum absolute atomic E-state index is 10.8. The van der Waals surface area contributed by atoms with E-state index in [1.54, 1.807) is 0 Å². The number of hydrogen-bond donors (Lipinski definition) is 0. The average molecular weight is 208 g/mol. The molecule has 0 fully saturated rings. The van der Waals surface area contributed by atoms with Gasteiger partial charge in [0, 0.05) is 0 Å². The minimum Gasteiger partial charge on any atom is -0.267 e. The molecule has 1 atom stereocenters. The lowest BCUT2D eigenvalue weighted by molar-refractivity contribution is 0.192. The average Bonchev–Trinajstić information content (AvgIpc) is 2.01. The zero-order valence-corrected chi connectivity index (χ0v) is 9.56. The predicted molar refractivity (Wildman–Crippen MR) is 54.1 cm³/mol. The van der Waals surface area contributed by atoms with Crippen LogP contribution in [0.5, 0.6) is 0 Å². The van der Waals surface area contributed by atoms with Gasteiger partial charge in [0.1, 0.15) is 0 Å². The van der Waals surface area contributed by atoms with E-state index < -0.39 is 10.1 Å². The van der Waals surface area contributed by atoms with Gasteiger partial charge in [-0.3, -0.25) is 4.18 Å². The highest BCUT2D eigenvalue weighted by Gasteiger charge is 2.12. The van der Waals surface area contributed by atoms with Crippen LogP contribution >= 0.6 is 0 Å². The molecule has 0 heterocycles. The highest BCUT2D eigenvalue weighted by molar-refractivity contribution is 7.86. The largest absolute Gasteiger partial charge is 0.267 e. The van der Waals surface area contributed by atoms with Gasteiger partial charge in [-0.25, -0.2) is 0 Å². The fourth-order valence-electron chi connectivity index (χ4n) is 1.19. The summed E-state index contributed by atoms with van der Waals surface area (Å²) in [6, 6.07) is 0. The summed E-state index contributed by atoms with van der Waals surface area (Å²) in [5.41, 5.74) is 0. The Bertz CT molecular complexity index is 209. The van der Waals surface area contributed by atoms with Gasteiger partial charge < -0.3 is 0 Å². The van der Waals surface area contributed by atoms with Crippen molar-refractivity contribution in [2.24, 2.45) is 0 Å². The van der Waals surface area contributed by atoms with Crippen LogP contribution in [0.2, 0.25) is 0 Å². The summed E-state index contributed by atoms with van der Waals surface area (Å²) < 4.78 is 26.5. The van der Waals surface area contributed by atoms with Gasteiger partial charge in [0.05, 0.1) is 12.4 Å². The highest BCUT2D eigenvalue weighted by Crippen LogP contribution is 2.11. The zero-order valence-electron chi connectivity index (χ0n) is 8.75. The number of rotatable bonds is 7. The summed E-state index contributed by atoms with van der Waals surface area (Å²) in [6.45, 7) is 4.07. The van der Waals surface area contributed by atoms with Crippen LogP contribution in [-0.2, 0) is 14.3 Å². The first kappa shape index (κ1) is 12.9. The van der Waals surface area contributed by atoms with E-state index in [1.165, 1.54) is 0 Å².